The molecule has 2 aromatic rings. The van der Waals surface area contributed by atoms with E-state index in [1.165, 1.54) is 5.56 Å². The Balaban J connectivity index is 2.18. The van der Waals surface area contributed by atoms with Gasteiger partial charge >= 0.3 is 0 Å². The lowest BCUT2D eigenvalue weighted by Crippen LogP contribution is -2.54. The van der Waals surface area contributed by atoms with Crippen molar-refractivity contribution in [2.45, 2.75) is 60.0 Å². The Hall–Kier alpha value is -2.56. The third-order valence-corrected chi connectivity index (χ3v) is 4.78. The van der Waals surface area contributed by atoms with Crippen molar-refractivity contribution >= 4 is 11.8 Å². The second kappa shape index (κ2) is 9.29. The number of carbonyl (C=O) groups is 2. The number of hydrogen-bond donors (Lipinski definition) is 0. The highest BCUT2D eigenvalue weighted by Crippen LogP contribution is 2.24. The molecule has 29 heavy (non-hydrogen) atoms. The highest BCUT2D eigenvalue weighted by atomic mass is 16.3. The van der Waals surface area contributed by atoms with E-state index in [9.17, 15) is 9.59 Å². The third kappa shape index (κ3) is 6.77. The standard InChI is InChI=1S/C24H34N2O3/c1-23(2,3)22(28)26(24(4,5)6)18-21(27)25(17-20-13-10-16-29-20)15-14-19-11-8-7-9-12-19/h7-13,16H,14-15,17-18H2,1-6H3. The molecule has 158 valence electrons. The first-order valence-corrected chi connectivity index (χ1v) is 10.1. The van der Waals surface area contributed by atoms with Gasteiger partial charge in [0.2, 0.25) is 11.8 Å². The van der Waals surface area contributed by atoms with Crippen LogP contribution >= 0.6 is 0 Å². The third-order valence-electron chi connectivity index (χ3n) is 4.78. The average molecular weight is 399 g/mol. The zero-order chi connectivity index (χ0) is 21.7. The Labute approximate surface area is 174 Å². The zero-order valence-electron chi connectivity index (χ0n) is 18.6. The van der Waals surface area contributed by atoms with Gasteiger partial charge in [0.05, 0.1) is 12.8 Å². The van der Waals surface area contributed by atoms with E-state index < -0.39 is 11.0 Å². The van der Waals surface area contributed by atoms with Crippen molar-refractivity contribution < 1.29 is 14.0 Å². The van der Waals surface area contributed by atoms with Gasteiger partial charge in [0.25, 0.3) is 0 Å². The minimum Gasteiger partial charge on any atom is -0.467 e. The minimum atomic E-state index is -0.552. The van der Waals surface area contributed by atoms with Crippen molar-refractivity contribution in [2.24, 2.45) is 5.41 Å². The van der Waals surface area contributed by atoms with Gasteiger partial charge in [-0.05, 0) is 44.9 Å². The number of benzene rings is 1. The van der Waals surface area contributed by atoms with Crippen molar-refractivity contribution in [3.8, 4) is 0 Å². The number of hydrogen-bond acceptors (Lipinski definition) is 3. The predicted molar refractivity (Wildman–Crippen MR) is 115 cm³/mol. The van der Waals surface area contributed by atoms with Crippen LogP contribution in [0, 0.1) is 5.41 Å². The monoisotopic (exact) mass is 398 g/mol. The largest absolute Gasteiger partial charge is 0.467 e. The maximum atomic E-state index is 13.3. The van der Waals surface area contributed by atoms with E-state index in [0.717, 1.165) is 12.2 Å². The van der Waals surface area contributed by atoms with E-state index in [2.05, 4.69) is 12.1 Å². The average Bonchev–Trinajstić information content (AvgIpc) is 3.14. The Morgan fingerprint density at radius 1 is 0.931 bits per heavy atom. The molecule has 0 radical (unpaired) electrons. The molecule has 0 aliphatic heterocycles. The van der Waals surface area contributed by atoms with Gasteiger partial charge in [-0.3, -0.25) is 9.59 Å². The molecule has 5 heteroatoms. The zero-order valence-corrected chi connectivity index (χ0v) is 18.6. The van der Waals surface area contributed by atoms with Gasteiger partial charge in [0, 0.05) is 17.5 Å². The normalized spacial score (nSPS) is 11.9. The molecule has 0 unspecified atom stereocenters. The molecule has 0 aliphatic rings. The van der Waals surface area contributed by atoms with Crippen LogP contribution in [0.2, 0.25) is 0 Å². The molecule has 0 atom stereocenters. The molecule has 5 nitrogen and oxygen atoms in total. The summed E-state index contributed by atoms with van der Waals surface area (Å²) in [5.41, 5.74) is 0.169. The topological polar surface area (TPSA) is 53.8 Å². The van der Waals surface area contributed by atoms with Gasteiger partial charge in [-0.15, -0.1) is 0 Å². The first kappa shape index (κ1) is 22.7. The fraction of sp³-hybridized carbons (Fsp3) is 0.500. The van der Waals surface area contributed by atoms with Crippen LogP contribution in [-0.4, -0.2) is 40.2 Å². The number of nitrogens with zero attached hydrogens (tertiary/aromatic N) is 2. The van der Waals surface area contributed by atoms with Gasteiger partial charge in [0.15, 0.2) is 0 Å². The molecule has 0 saturated heterocycles. The maximum Gasteiger partial charge on any atom is 0.242 e. The summed E-state index contributed by atoms with van der Waals surface area (Å²) < 4.78 is 5.47. The van der Waals surface area contributed by atoms with Crippen molar-refractivity contribution in [1.29, 1.82) is 0 Å². The van der Waals surface area contributed by atoms with Crippen LogP contribution in [0.1, 0.15) is 52.9 Å². The molecule has 1 aromatic heterocycles. The maximum absolute atomic E-state index is 13.3. The summed E-state index contributed by atoms with van der Waals surface area (Å²) in [6.45, 7) is 12.5. The molecule has 0 aliphatic carbocycles. The van der Waals surface area contributed by atoms with Gasteiger partial charge in [-0.1, -0.05) is 51.1 Å². The molecule has 0 spiro atoms. The van der Waals surface area contributed by atoms with E-state index >= 15 is 0 Å². The van der Waals surface area contributed by atoms with Crippen LogP contribution < -0.4 is 0 Å². The predicted octanol–water partition coefficient (Wildman–Crippen LogP) is 4.52. The number of furan rings is 1. The molecule has 1 heterocycles. The Kier molecular flexibility index (Phi) is 7.28. The summed E-state index contributed by atoms with van der Waals surface area (Å²) in [7, 11) is 0. The molecule has 1 aromatic carbocycles. The van der Waals surface area contributed by atoms with Crippen molar-refractivity contribution in [2.75, 3.05) is 13.1 Å². The van der Waals surface area contributed by atoms with Crippen LogP contribution in [0.3, 0.4) is 0 Å². The fourth-order valence-corrected chi connectivity index (χ4v) is 3.05. The van der Waals surface area contributed by atoms with Gasteiger partial charge in [-0.2, -0.15) is 0 Å². The molecular weight excluding hydrogens is 364 g/mol. The summed E-state index contributed by atoms with van der Waals surface area (Å²) >= 11 is 0. The summed E-state index contributed by atoms with van der Waals surface area (Å²) in [6.07, 6.45) is 2.36. The summed E-state index contributed by atoms with van der Waals surface area (Å²) in [6, 6.07) is 13.8. The lowest BCUT2D eigenvalue weighted by molar-refractivity contribution is -0.150. The lowest BCUT2D eigenvalue weighted by atomic mass is 9.91. The second-order valence-electron chi connectivity index (χ2n) is 9.44. The van der Waals surface area contributed by atoms with Crippen molar-refractivity contribution in [3.05, 3.63) is 60.1 Å². The molecule has 0 saturated carbocycles. The van der Waals surface area contributed by atoms with E-state index in [1.807, 2.05) is 71.9 Å². The quantitative estimate of drug-likeness (QED) is 0.689. The molecule has 0 bridgehead atoms. The first-order chi connectivity index (χ1) is 13.5. The van der Waals surface area contributed by atoms with Crippen LogP contribution in [0.5, 0.6) is 0 Å². The van der Waals surface area contributed by atoms with Crippen LogP contribution in [-0.2, 0) is 22.6 Å². The Morgan fingerprint density at radius 3 is 2.10 bits per heavy atom. The highest BCUT2D eigenvalue weighted by molar-refractivity contribution is 5.88. The molecule has 2 amide bonds. The summed E-state index contributed by atoms with van der Waals surface area (Å²) in [4.78, 5) is 29.7. The van der Waals surface area contributed by atoms with Crippen LogP contribution in [0.15, 0.2) is 53.1 Å². The van der Waals surface area contributed by atoms with Gasteiger partial charge in [0.1, 0.15) is 12.3 Å². The lowest BCUT2D eigenvalue weighted by Gasteiger charge is -2.40. The molecule has 2 rings (SSSR count). The van der Waals surface area contributed by atoms with Gasteiger partial charge in [-0.25, -0.2) is 0 Å². The van der Waals surface area contributed by atoms with E-state index in [-0.39, 0.29) is 18.4 Å². The van der Waals surface area contributed by atoms with Crippen molar-refractivity contribution in [3.63, 3.8) is 0 Å². The second-order valence-corrected chi connectivity index (χ2v) is 9.44. The first-order valence-electron chi connectivity index (χ1n) is 10.1. The van der Waals surface area contributed by atoms with Crippen LogP contribution in [0.4, 0.5) is 0 Å². The van der Waals surface area contributed by atoms with Crippen molar-refractivity contribution in [1.82, 2.24) is 9.80 Å². The summed E-state index contributed by atoms with van der Waals surface area (Å²) in [5, 5.41) is 0. The minimum absolute atomic E-state index is 0.0284. The Bertz CT molecular complexity index is 784. The Morgan fingerprint density at radius 2 is 1.59 bits per heavy atom. The molecule has 0 N–H and O–H groups in total. The fourth-order valence-electron chi connectivity index (χ4n) is 3.05. The SMILES string of the molecule is CC(C)(C)C(=O)N(CC(=O)N(CCc1ccccc1)Cc1ccco1)C(C)(C)C. The smallest absolute Gasteiger partial charge is 0.242 e. The van der Waals surface area contributed by atoms with E-state index in [4.69, 9.17) is 4.42 Å². The molecule has 0 fully saturated rings. The van der Waals surface area contributed by atoms with E-state index in [1.54, 1.807) is 16.1 Å². The number of rotatable bonds is 7. The number of amides is 2. The molecular formula is C24H34N2O3. The highest BCUT2D eigenvalue weighted by Gasteiger charge is 2.36. The van der Waals surface area contributed by atoms with Crippen LogP contribution in [0.25, 0.3) is 0 Å². The van der Waals surface area contributed by atoms with E-state index in [0.29, 0.717) is 13.1 Å². The number of carbonyl (C=O) groups excluding carboxylic acids is 2. The summed E-state index contributed by atoms with van der Waals surface area (Å²) in [5.74, 6) is 0.625. The van der Waals surface area contributed by atoms with Gasteiger partial charge < -0.3 is 14.2 Å².